The molecule has 9 nitrogen and oxygen atoms in total. The number of carbonyl (C=O) groups is 2. The van der Waals surface area contributed by atoms with Crippen LogP contribution < -0.4 is 16.0 Å². The van der Waals surface area contributed by atoms with Gasteiger partial charge in [-0.25, -0.2) is 14.2 Å². The highest BCUT2D eigenvalue weighted by Crippen LogP contribution is 2.34. The molecule has 3 N–H and O–H groups in total. The molecule has 4 rings (SSSR count). The molecule has 1 unspecified atom stereocenters. The first-order valence-electron chi connectivity index (χ1n) is 10.5. The topological polar surface area (TPSA) is 110 Å². The smallest absolute Gasteiger partial charge is 0.412 e. The number of rotatable bonds is 5. The van der Waals surface area contributed by atoms with Crippen LogP contribution in [0.4, 0.5) is 19.9 Å². The molecular weight excluding hydrogens is 447 g/mol. The Morgan fingerprint density at radius 2 is 2.06 bits per heavy atom. The Balaban J connectivity index is 1.60. The minimum absolute atomic E-state index is 0.0422. The summed E-state index contributed by atoms with van der Waals surface area (Å²) in [6.07, 6.45) is 3.53. The number of aromatic nitrogens is 3. The molecule has 0 radical (unpaired) electrons. The van der Waals surface area contributed by atoms with Crippen LogP contribution in [0.2, 0.25) is 0 Å². The number of anilines is 2. The molecule has 1 aliphatic heterocycles. The second-order valence-corrected chi connectivity index (χ2v) is 9.61. The second kappa shape index (κ2) is 9.28. The fourth-order valence-electron chi connectivity index (χ4n) is 3.36. The molecule has 2 aromatic heterocycles. The average Bonchev–Trinajstić information content (AvgIpc) is 3.47. The largest absolute Gasteiger partial charge is 0.444 e. The van der Waals surface area contributed by atoms with E-state index in [-0.39, 0.29) is 27.3 Å². The highest BCUT2D eigenvalue weighted by Gasteiger charge is 2.25. The van der Waals surface area contributed by atoms with E-state index in [9.17, 15) is 14.0 Å². The highest BCUT2D eigenvalue weighted by molar-refractivity contribution is 7.19. The zero-order valence-corrected chi connectivity index (χ0v) is 19.3. The van der Waals surface area contributed by atoms with Gasteiger partial charge in [0.1, 0.15) is 21.4 Å². The predicted octanol–water partition coefficient (Wildman–Crippen LogP) is 4.28. The van der Waals surface area contributed by atoms with Gasteiger partial charge < -0.3 is 15.4 Å². The molecule has 0 aliphatic carbocycles. The number of nitrogens with zero attached hydrogens (tertiary/aromatic N) is 3. The lowest BCUT2D eigenvalue weighted by molar-refractivity contribution is 0.0636. The van der Waals surface area contributed by atoms with Gasteiger partial charge in [-0.1, -0.05) is 23.5 Å². The third-order valence-electron chi connectivity index (χ3n) is 4.83. The molecule has 11 heteroatoms. The summed E-state index contributed by atoms with van der Waals surface area (Å²) >= 11 is 0.993. The predicted molar refractivity (Wildman–Crippen MR) is 124 cm³/mol. The minimum atomic E-state index is -0.734. The Morgan fingerprint density at radius 3 is 2.76 bits per heavy atom. The molecule has 174 valence electrons. The number of carbonyl (C=O) groups excluding carboxylic acids is 2. The quantitative estimate of drug-likeness (QED) is 0.511. The molecule has 3 aromatic rings. The molecule has 0 spiro atoms. The van der Waals surface area contributed by atoms with Crippen LogP contribution >= 0.6 is 11.3 Å². The van der Waals surface area contributed by atoms with Crippen molar-refractivity contribution < 1.29 is 18.7 Å². The van der Waals surface area contributed by atoms with Crippen LogP contribution in [0.3, 0.4) is 0 Å². The van der Waals surface area contributed by atoms with E-state index in [0.717, 1.165) is 30.8 Å². The van der Waals surface area contributed by atoms with Gasteiger partial charge in [-0.2, -0.15) is 5.10 Å². The van der Waals surface area contributed by atoms with Gasteiger partial charge in [0.15, 0.2) is 5.69 Å². The van der Waals surface area contributed by atoms with Gasteiger partial charge in [-0.15, -0.1) is 0 Å². The van der Waals surface area contributed by atoms with Crippen LogP contribution in [0.1, 0.15) is 43.7 Å². The standard InChI is InChI=1S/C22H25FN6O3S/c1-22(2,3)32-21(31)28-20-17(27-19(33-20)15-6-4-5-7-16(15)23)18(30)26-13-10-25-29(12-13)14-8-9-24-11-14/h4-7,10,12,14,24H,8-9,11H2,1-3H3,(H,26,30)(H,28,31). The van der Waals surface area contributed by atoms with E-state index in [4.69, 9.17) is 4.74 Å². The van der Waals surface area contributed by atoms with Gasteiger partial charge in [0.05, 0.1) is 17.9 Å². The Hall–Kier alpha value is -3.31. The van der Waals surface area contributed by atoms with Crippen molar-refractivity contribution in [3.05, 3.63) is 48.2 Å². The van der Waals surface area contributed by atoms with E-state index in [1.165, 1.54) is 6.07 Å². The van der Waals surface area contributed by atoms with Crippen molar-refractivity contribution in [1.29, 1.82) is 0 Å². The van der Waals surface area contributed by atoms with Crippen LogP contribution in [-0.4, -0.2) is 45.5 Å². The van der Waals surface area contributed by atoms with Crippen LogP contribution in [-0.2, 0) is 4.74 Å². The average molecular weight is 473 g/mol. The number of hydrogen-bond donors (Lipinski definition) is 3. The van der Waals surface area contributed by atoms with E-state index in [1.807, 2.05) is 0 Å². The van der Waals surface area contributed by atoms with Crippen molar-refractivity contribution in [2.24, 2.45) is 0 Å². The number of amides is 2. The van der Waals surface area contributed by atoms with Gasteiger partial charge in [0.25, 0.3) is 5.91 Å². The molecule has 2 amide bonds. The van der Waals surface area contributed by atoms with Crippen molar-refractivity contribution in [2.75, 3.05) is 23.7 Å². The molecule has 33 heavy (non-hydrogen) atoms. The second-order valence-electron chi connectivity index (χ2n) is 8.61. The Morgan fingerprint density at radius 1 is 1.27 bits per heavy atom. The zero-order valence-electron chi connectivity index (χ0n) is 18.5. The summed E-state index contributed by atoms with van der Waals surface area (Å²) < 4.78 is 21.4. The molecule has 0 bridgehead atoms. The molecule has 1 fully saturated rings. The van der Waals surface area contributed by atoms with Crippen molar-refractivity contribution in [2.45, 2.75) is 38.8 Å². The summed E-state index contributed by atoms with van der Waals surface area (Å²) in [4.78, 5) is 29.7. The van der Waals surface area contributed by atoms with Crippen molar-refractivity contribution in [3.8, 4) is 10.6 Å². The minimum Gasteiger partial charge on any atom is -0.444 e. The fraction of sp³-hybridized carbons (Fsp3) is 0.364. The lowest BCUT2D eigenvalue weighted by Gasteiger charge is -2.19. The van der Waals surface area contributed by atoms with Crippen LogP contribution in [0, 0.1) is 5.82 Å². The van der Waals surface area contributed by atoms with Crippen LogP contribution in [0.25, 0.3) is 10.6 Å². The molecule has 0 saturated carbocycles. The summed E-state index contributed by atoms with van der Waals surface area (Å²) in [7, 11) is 0. The molecular formula is C22H25FN6O3S. The molecule has 1 atom stereocenters. The van der Waals surface area contributed by atoms with Crippen LogP contribution in [0.15, 0.2) is 36.7 Å². The number of nitrogens with one attached hydrogen (secondary N) is 3. The van der Waals surface area contributed by atoms with Crippen LogP contribution in [0.5, 0.6) is 0 Å². The molecule has 1 saturated heterocycles. The maximum Gasteiger partial charge on any atom is 0.412 e. The third-order valence-corrected chi connectivity index (χ3v) is 5.83. The number of ether oxygens (including phenoxy) is 1. The Kier molecular flexibility index (Phi) is 6.43. The maximum atomic E-state index is 14.3. The van der Waals surface area contributed by atoms with Crippen molar-refractivity contribution >= 4 is 34.0 Å². The summed E-state index contributed by atoms with van der Waals surface area (Å²) in [5.74, 6) is -1.03. The fourth-order valence-corrected chi connectivity index (χ4v) is 4.34. The molecule has 1 aromatic carbocycles. The van der Waals surface area contributed by atoms with E-state index in [2.05, 4.69) is 26.0 Å². The Labute approximate surface area is 194 Å². The van der Waals surface area contributed by atoms with Gasteiger partial charge in [0.2, 0.25) is 0 Å². The summed E-state index contributed by atoms with van der Waals surface area (Å²) in [5.41, 5.74) is -0.0415. The normalized spacial score (nSPS) is 15.9. The number of thiazole rings is 1. The monoisotopic (exact) mass is 472 g/mol. The van der Waals surface area contributed by atoms with Gasteiger partial charge in [0, 0.05) is 18.3 Å². The number of benzene rings is 1. The first kappa shape index (κ1) is 22.9. The summed E-state index contributed by atoms with van der Waals surface area (Å²) in [5, 5.41) is 13.4. The SMILES string of the molecule is CC(C)(C)OC(=O)Nc1sc(-c2ccccc2F)nc1C(=O)Nc1cnn(C2CCNC2)c1. The lowest BCUT2D eigenvalue weighted by Crippen LogP contribution is -2.27. The maximum absolute atomic E-state index is 14.3. The van der Waals surface area contributed by atoms with E-state index < -0.39 is 23.4 Å². The summed E-state index contributed by atoms with van der Waals surface area (Å²) in [6.45, 7) is 6.93. The van der Waals surface area contributed by atoms with Gasteiger partial charge in [-0.3, -0.25) is 14.8 Å². The van der Waals surface area contributed by atoms with Crippen molar-refractivity contribution in [1.82, 2.24) is 20.1 Å². The van der Waals surface area contributed by atoms with E-state index in [0.29, 0.717) is 5.69 Å². The van der Waals surface area contributed by atoms with Gasteiger partial charge in [-0.05, 0) is 45.9 Å². The van der Waals surface area contributed by atoms with Gasteiger partial charge >= 0.3 is 6.09 Å². The first-order valence-corrected chi connectivity index (χ1v) is 11.3. The molecule has 1 aliphatic rings. The van der Waals surface area contributed by atoms with Crippen molar-refractivity contribution in [3.63, 3.8) is 0 Å². The van der Waals surface area contributed by atoms with E-state index >= 15 is 0 Å². The summed E-state index contributed by atoms with van der Waals surface area (Å²) in [6, 6.07) is 6.34. The Bertz CT molecular complexity index is 1160. The lowest BCUT2D eigenvalue weighted by atomic mass is 10.2. The number of halogens is 1. The zero-order chi connectivity index (χ0) is 23.6. The van der Waals surface area contributed by atoms with E-state index in [1.54, 1.807) is 56.0 Å². The third kappa shape index (κ3) is 5.55. The first-order chi connectivity index (χ1) is 15.7. The molecule has 3 heterocycles. The highest BCUT2D eigenvalue weighted by atomic mass is 32.1. The number of hydrogen-bond acceptors (Lipinski definition) is 7.